The summed E-state index contributed by atoms with van der Waals surface area (Å²) in [7, 11) is 0. The van der Waals surface area contributed by atoms with Crippen molar-refractivity contribution >= 4 is 11.4 Å². The first-order valence-electron chi connectivity index (χ1n) is 11.1. The zero-order valence-electron chi connectivity index (χ0n) is 18.7. The van der Waals surface area contributed by atoms with Gasteiger partial charge in [-0.05, 0) is 53.8 Å². The van der Waals surface area contributed by atoms with E-state index >= 15 is 0 Å². The van der Waals surface area contributed by atoms with Crippen LogP contribution in [0.5, 0.6) is 0 Å². The molecule has 0 aromatic heterocycles. The Bertz CT molecular complexity index is 1070. The molecule has 4 rings (SSSR count). The molecule has 2 aromatic carbocycles. The van der Waals surface area contributed by atoms with Gasteiger partial charge in [0.2, 0.25) is 0 Å². The Labute approximate surface area is 192 Å². The largest absolute Gasteiger partial charge is 0.393 e. The molecular formula is C26H29F3N4. The second-order valence-electron chi connectivity index (χ2n) is 8.56. The van der Waals surface area contributed by atoms with Crippen LogP contribution in [0.4, 0.5) is 18.9 Å². The lowest BCUT2D eigenvalue weighted by molar-refractivity contribution is -0.127. The minimum atomic E-state index is -4.26. The van der Waals surface area contributed by atoms with E-state index in [4.69, 9.17) is 0 Å². The molecule has 0 amide bonds. The SMILES string of the molecule is C=C1C[C@H](C(=C)NC2C=C(c3cccc(CC)c3)N(c3cccc(CC(F)(F)F)c3)N2)CN1. The second kappa shape index (κ2) is 9.35. The van der Waals surface area contributed by atoms with Crippen molar-refractivity contribution in [2.75, 3.05) is 11.6 Å². The van der Waals surface area contributed by atoms with Crippen LogP contribution in [0, 0.1) is 5.92 Å². The fraction of sp³-hybridized carbons (Fsp3) is 0.308. The van der Waals surface area contributed by atoms with E-state index in [2.05, 4.69) is 48.3 Å². The van der Waals surface area contributed by atoms with Gasteiger partial charge < -0.3 is 10.6 Å². The molecule has 2 heterocycles. The van der Waals surface area contributed by atoms with Crippen molar-refractivity contribution in [2.24, 2.45) is 5.92 Å². The van der Waals surface area contributed by atoms with Crippen molar-refractivity contribution in [3.8, 4) is 0 Å². The summed E-state index contributed by atoms with van der Waals surface area (Å²) in [4.78, 5) is 0. The molecule has 174 valence electrons. The van der Waals surface area contributed by atoms with E-state index in [-0.39, 0.29) is 17.6 Å². The first-order valence-corrected chi connectivity index (χ1v) is 11.1. The summed E-state index contributed by atoms with van der Waals surface area (Å²) in [6.45, 7) is 11.1. The third-order valence-electron chi connectivity index (χ3n) is 5.96. The predicted octanol–water partition coefficient (Wildman–Crippen LogP) is 5.27. The number of nitrogens with one attached hydrogen (secondary N) is 3. The number of hydrogen-bond acceptors (Lipinski definition) is 4. The smallest absolute Gasteiger partial charge is 0.388 e. The molecule has 2 aromatic rings. The number of nitrogens with zero attached hydrogens (tertiary/aromatic N) is 1. The topological polar surface area (TPSA) is 39.3 Å². The van der Waals surface area contributed by atoms with Crippen LogP contribution in [0.25, 0.3) is 5.70 Å². The van der Waals surface area contributed by atoms with Gasteiger partial charge in [-0.2, -0.15) is 13.2 Å². The zero-order valence-corrected chi connectivity index (χ0v) is 18.7. The highest BCUT2D eigenvalue weighted by Crippen LogP contribution is 2.32. The maximum atomic E-state index is 13.0. The molecule has 0 aliphatic carbocycles. The van der Waals surface area contributed by atoms with Crippen LogP contribution in [0.2, 0.25) is 0 Å². The van der Waals surface area contributed by atoms with E-state index < -0.39 is 12.6 Å². The van der Waals surface area contributed by atoms with Gasteiger partial charge in [0.05, 0.1) is 17.8 Å². The molecule has 1 unspecified atom stereocenters. The lowest BCUT2D eigenvalue weighted by atomic mass is 10.0. The van der Waals surface area contributed by atoms with Crippen LogP contribution in [0.15, 0.2) is 79.2 Å². The Hall–Kier alpha value is -3.19. The molecular weight excluding hydrogens is 425 g/mol. The van der Waals surface area contributed by atoms with Crippen molar-refractivity contribution < 1.29 is 13.2 Å². The maximum Gasteiger partial charge on any atom is 0.393 e. The van der Waals surface area contributed by atoms with Gasteiger partial charge in [-0.25, -0.2) is 5.43 Å². The number of hydrazine groups is 1. The van der Waals surface area contributed by atoms with Gasteiger partial charge in [0, 0.05) is 23.9 Å². The van der Waals surface area contributed by atoms with E-state index in [1.54, 1.807) is 12.1 Å². The molecule has 3 N–H and O–H groups in total. The van der Waals surface area contributed by atoms with Crippen LogP contribution >= 0.6 is 0 Å². The van der Waals surface area contributed by atoms with Gasteiger partial charge >= 0.3 is 6.18 Å². The molecule has 2 atom stereocenters. The molecule has 0 radical (unpaired) electrons. The van der Waals surface area contributed by atoms with Gasteiger partial charge in [0.15, 0.2) is 0 Å². The standard InChI is InChI=1S/C26H29F3N4/c1-4-19-7-5-9-21(12-19)24-14-25(31-18(3)22-11-17(2)30-16-22)32-33(24)23-10-6-8-20(13-23)15-26(27,28)29/h5-10,12-14,22,25,30-32H,2-4,11,15-16H2,1H3/t22-,25?/m0/s1. The molecule has 1 fully saturated rings. The molecule has 0 saturated carbocycles. The van der Waals surface area contributed by atoms with Crippen LogP contribution < -0.4 is 21.1 Å². The first kappa shape index (κ1) is 23.0. The maximum absolute atomic E-state index is 13.0. The Kier molecular flexibility index (Phi) is 6.51. The normalized spacial score (nSPS) is 20.5. The fourth-order valence-electron chi connectivity index (χ4n) is 4.25. The summed E-state index contributed by atoms with van der Waals surface area (Å²) in [6.07, 6.45) is -1.70. The summed E-state index contributed by atoms with van der Waals surface area (Å²) in [5.41, 5.74) is 9.22. The number of allylic oxidation sites excluding steroid dienone is 1. The Morgan fingerprint density at radius 2 is 1.91 bits per heavy atom. The number of alkyl halides is 3. The van der Waals surface area contributed by atoms with E-state index in [0.717, 1.165) is 42.0 Å². The highest BCUT2D eigenvalue weighted by Gasteiger charge is 2.30. The van der Waals surface area contributed by atoms with Gasteiger partial charge in [0.1, 0.15) is 6.17 Å². The summed E-state index contributed by atoms with van der Waals surface area (Å²) in [5.74, 6) is 0.240. The van der Waals surface area contributed by atoms with E-state index in [1.807, 2.05) is 29.3 Å². The lowest BCUT2D eigenvalue weighted by Crippen LogP contribution is -2.45. The summed E-state index contributed by atoms with van der Waals surface area (Å²) < 4.78 is 39.0. The summed E-state index contributed by atoms with van der Waals surface area (Å²) >= 11 is 0. The van der Waals surface area contributed by atoms with Crippen LogP contribution in [0.3, 0.4) is 0 Å². The number of hydrogen-bond donors (Lipinski definition) is 3. The lowest BCUT2D eigenvalue weighted by Gasteiger charge is -2.26. The van der Waals surface area contributed by atoms with Crippen molar-refractivity contribution in [2.45, 2.75) is 38.5 Å². The van der Waals surface area contributed by atoms with E-state index in [1.165, 1.54) is 11.6 Å². The van der Waals surface area contributed by atoms with Crippen molar-refractivity contribution in [1.82, 2.24) is 16.1 Å². The number of rotatable bonds is 7. The fourth-order valence-corrected chi connectivity index (χ4v) is 4.25. The van der Waals surface area contributed by atoms with Crippen molar-refractivity contribution in [3.05, 3.63) is 95.8 Å². The quantitative estimate of drug-likeness (QED) is 0.533. The Morgan fingerprint density at radius 1 is 1.15 bits per heavy atom. The molecule has 2 aliphatic rings. The molecule has 2 aliphatic heterocycles. The number of aryl methyl sites for hydroxylation is 1. The third kappa shape index (κ3) is 5.60. The van der Waals surface area contributed by atoms with Gasteiger partial charge in [0.25, 0.3) is 0 Å². The van der Waals surface area contributed by atoms with Crippen molar-refractivity contribution in [1.29, 1.82) is 0 Å². The molecule has 0 bridgehead atoms. The Balaban J connectivity index is 1.62. The molecule has 7 heteroatoms. The number of halogens is 3. The third-order valence-corrected chi connectivity index (χ3v) is 5.96. The molecule has 33 heavy (non-hydrogen) atoms. The predicted molar refractivity (Wildman–Crippen MR) is 127 cm³/mol. The molecule has 4 nitrogen and oxygen atoms in total. The zero-order chi connectivity index (χ0) is 23.6. The summed E-state index contributed by atoms with van der Waals surface area (Å²) in [5, 5.41) is 8.54. The minimum absolute atomic E-state index is 0.222. The monoisotopic (exact) mass is 454 g/mol. The molecule has 1 saturated heterocycles. The minimum Gasteiger partial charge on any atom is -0.388 e. The van der Waals surface area contributed by atoms with Gasteiger partial charge in [-0.1, -0.05) is 50.4 Å². The van der Waals surface area contributed by atoms with E-state index in [9.17, 15) is 13.2 Å². The first-order chi connectivity index (χ1) is 15.7. The number of anilines is 1. The number of benzene rings is 2. The van der Waals surface area contributed by atoms with Crippen LogP contribution in [-0.4, -0.2) is 18.9 Å². The Morgan fingerprint density at radius 3 is 2.61 bits per heavy atom. The highest BCUT2D eigenvalue weighted by atomic mass is 19.4. The van der Waals surface area contributed by atoms with Crippen molar-refractivity contribution in [3.63, 3.8) is 0 Å². The van der Waals surface area contributed by atoms with Crippen LogP contribution in [0.1, 0.15) is 30.0 Å². The second-order valence-corrected chi connectivity index (χ2v) is 8.56. The average Bonchev–Trinajstić information content (AvgIpc) is 3.39. The summed E-state index contributed by atoms with van der Waals surface area (Å²) in [6, 6.07) is 14.8. The highest BCUT2D eigenvalue weighted by molar-refractivity contribution is 5.81. The van der Waals surface area contributed by atoms with Gasteiger partial charge in [-0.15, -0.1) is 0 Å². The van der Waals surface area contributed by atoms with Gasteiger partial charge in [-0.3, -0.25) is 5.01 Å². The van der Waals surface area contributed by atoms with E-state index in [0.29, 0.717) is 5.69 Å². The average molecular weight is 455 g/mol. The van der Waals surface area contributed by atoms with Crippen LogP contribution in [-0.2, 0) is 12.8 Å². The molecule has 0 spiro atoms.